The van der Waals surface area contributed by atoms with Crippen LogP contribution in [0.25, 0.3) is 0 Å². The number of hydrogen-bond acceptors (Lipinski definition) is 5. The van der Waals surface area contributed by atoms with Crippen LogP contribution in [0.15, 0.2) is 0 Å². The highest BCUT2D eigenvalue weighted by Crippen LogP contribution is 2.36. The average Bonchev–Trinajstić information content (AvgIpc) is 3.00. The maximum Gasteiger partial charge on any atom is 0.252 e. The van der Waals surface area contributed by atoms with Gasteiger partial charge in [0.25, 0.3) is 5.91 Å². The highest BCUT2D eigenvalue weighted by Gasteiger charge is 2.44. The molecule has 24 heavy (non-hydrogen) atoms. The van der Waals surface area contributed by atoms with Crippen molar-refractivity contribution in [2.45, 2.75) is 69.1 Å². The van der Waals surface area contributed by atoms with Crippen LogP contribution in [0, 0.1) is 0 Å². The second kappa shape index (κ2) is 7.14. The highest BCUT2D eigenvalue weighted by molar-refractivity contribution is 7.99. The van der Waals surface area contributed by atoms with E-state index in [0.717, 1.165) is 38.3 Å². The molecule has 0 radical (unpaired) electrons. The predicted octanol–water partition coefficient (Wildman–Crippen LogP) is 1.78. The molecule has 3 aliphatic rings. The summed E-state index contributed by atoms with van der Waals surface area (Å²) in [5.74, 6) is 1.22. The fourth-order valence-corrected chi connectivity index (χ4v) is 5.62. The molecular formula is C18H32N2O3S. The van der Waals surface area contributed by atoms with Gasteiger partial charge in [-0.3, -0.25) is 9.69 Å². The molecule has 3 fully saturated rings. The standard InChI is InChI=1S/C18H32N2O3S/c1-16(2)13-20(9-10-23-16)17(6-4-3-5-7-17)12-19-15(21)18(22)8-11-24-14-18/h22H,3-14H2,1-2H3,(H,19,21). The molecule has 138 valence electrons. The van der Waals surface area contributed by atoms with Gasteiger partial charge < -0.3 is 15.2 Å². The van der Waals surface area contributed by atoms with Gasteiger partial charge in [-0.1, -0.05) is 19.3 Å². The summed E-state index contributed by atoms with van der Waals surface area (Å²) >= 11 is 1.66. The normalized spacial score (nSPS) is 33.3. The summed E-state index contributed by atoms with van der Waals surface area (Å²) in [6.07, 6.45) is 6.53. The van der Waals surface area contributed by atoms with Crippen LogP contribution in [0.5, 0.6) is 0 Å². The van der Waals surface area contributed by atoms with Crippen molar-refractivity contribution in [3.05, 3.63) is 0 Å². The monoisotopic (exact) mass is 356 g/mol. The molecule has 0 aromatic heterocycles. The Kier molecular flexibility index (Phi) is 5.50. The van der Waals surface area contributed by atoms with Crippen LogP contribution in [0.1, 0.15) is 52.4 Å². The van der Waals surface area contributed by atoms with Crippen LogP contribution in [0.2, 0.25) is 0 Å². The largest absolute Gasteiger partial charge is 0.379 e. The van der Waals surface area contributed by atoms with Crippen molar-refractivity contribution in [2.24, 2.45) is 0 Å². The van der Waals surface area contributed by atoms with E-state index in [1.807, 2.05) is 0 Å². The second-order valence-electron chi connectivity index (χ2n) is 8.33. The molecule has 1 atom stereocenters. The van der Waals surface area contributed by atoms with Crippen molar-refractivity contribution in [3.8, 4) is 0 Å². The van der Waals surface area contributed by atoms with Gasteiger partial charge >= 0.3 is 0 Å². The Bertz CT molecular complexity index is 457. The summed E-state index contributed by atoms with van der Waals surface area (Å²) in [7, 11) is 0. The van der Waals surface area contributed by atoms with Crippen molar-refractivity contribution >= 4 is 17.7 Å². The van der Waals surface area contributed by atoms with E-state index in [1.165, 1.54) is 19.3 Å². The molecule has 2 aliphatic heterocycles. The molecule has 1 saturated carbocycles. The molecule has 5 nitrogen and oxygen atoms in total. The quantitative estimate of drug-likeness (QED) is 0.804. The van der Waals surface area contributed by atoms with Gasteiger partial charge in [0.1, 0.15) is 0 Å². The number of aliphatic hydroxyl groups is 1. The first-order valence-electron chi connectivity index (χ1n) is 9.33. The SMILES string of the molecule is CC1(C)CN(C2(CNC(=O)C3(O)CCSC3)CCCCC2)CCO1. The Labute approximate surface area is 149 Å². The van der Waals surface area contributed by atoms with Gasteiger partial charge in [-0.2, -0.15) is 11.8 Å². The number of carbonyl (C=O) groups excluding carboxylic acids is 1. The molecule has 3 rings (SSSR count). The lowest BCUT2D eigenvalue weighted by Gasteiger charge is -2.51. The Balaban J connectivity index is 1.68. The lowest BCUT2D eigenvalue weighted by atomic mass is 9.79. The van der Waals surface area contributed by atoms with Crippen LogP contribution in [-0.2, 0) is 9.53 Å². The van der Waals surface area contributed by atoms with Crippen molar-refractivity contribution in [1.29, 1.82) is 0 Å². The number of nitrogens with zero attached hydrogens (tertiary/aromatic N) is 1. The summed E-state index contributed by atoms with van der Waals surface area (Å²) in [4.78, 5) is 15.1. The van der Waals surface area contributed by atoms with E-state index in [1.54, 1.807) is 11.8 Å². The molecule has 0 aromatic rings. The predicted molar refractivity (Wildman–Crippen MR) is 97.3 cm³/mol. The molecule has 1 amide bonds. The summed E-state index contributed by atoms with van der Waals surface area (Å²) in [6, 6.07) is 0. The summed E-state index contributed by atoms with van der Waals surface area (Å²) < 4.78 is 5.88. The zero-order valence-electron chi connectivity index (χ0n) is 15.1. The van der Waals surface area contributed by atoms with Gasteiger partial charge in [0, 0.05) is 30.9 Å². The van der Waals surface area contributed by atoms with E-state index in [-0.39, 0.29) is 17.0 Å². The van der Waals surface area contributed by atoms with Gasteiger partial charge in [0.15, 0.2) is 5.60 Å². The van der Waals surface area contributed by atoms with Gasteiger partial charge in [-0.05, 0) is 38.9 Å². The molecule has 2 N–H and O–H groups in total. The van der Waals surface area contributed by atoms with E-state index in [4.69, 9.17) is 4.74 Å². The lowest BCUT2D eigenvalue weighted by molar-refractivity contribution is -0.141. The maximum atomic E-state index is 12.5. The van der Waals surface area contributed by atoms with E-state index in [9.17, 15) is 9.90 Å². The van der Waals surface area contributed by atoms with Gasteiger partial charge in [0.2, 0.25) is 0 Å². The number of rotatable bonds is 4. The lowest BCUT2D eigenvalue weighted by Crippen LogP contribution is -2.64. The zero-order chi connectivity index (χ0) is 17.3. The average molecular weight is 357 g/mol. The molecular weight excluding hydrogens is 324 g/mol. The van der Waals surface area contributed by atoms with Crippen molar-refractivity contribution in [3.63, 3.8) is 0 Å². The molecule has 0 aromatic carbocycles. The minimum Gasteiger partial charge on any atom is -0.379 e. The van der Waals surface area contributed by atoms with Crippen LogP contribution in [0.3, 0.4) is 0 Å². The topological polar surface area (TPSA) is 61.8 Å². The molecule has 0 bridgehead atoms. The first-order chi connectivity index (χ1) is 11.4. The molecule has 0 spiro atoms. The number of amides is 1. The summed E-state index contributed by atoms with van der Waals surface area (Å²) in [5, 5.41) is 13.6. The third-order valence-electron chi connectivity index (χ3n) is 5.88. The van der Waals surface area contributed by atoms with Crippen LogP contribution < -0.4 is 5.32 Å². The number of ether oxygens (including phenoxy) is 1. The first-order valence-corrected chi connectivity index (χ1v) is 10.5. The second-order valence-corrected chi connectivity index (χ2v) is 9.44. The number of thioether (sulfide) groups is 1. The molecule has 1 unspecified atom stereocenters. The Morgan fingerprint density at radius 3 is 2.62 bits per heavy atom. The van der Waals surface area contributed by atoms with Crippen molar-refractivity contribution < 1.29 is 14.6 Å². The van der Waals surface area contributed by atoms with Crippen molar-refractivity contribution in [2.75, 3.05) is 37.7 Å². The minimum atomic E-state index is -1.16. The Morgan fingerprint density at radius 1 is 1.25 bits per heavy atom. The summed E-state index contributed by atoms with van der Waals surface area (Å²) in [5.41, 5.74) is -1.27. The van der Waals surface area contributed by atoms with E-state index in [2.05, 4.69) is 24.1 Å². The molecule has 6 heteroatoms. The van der Waals surface area contributed by atoms with Crippen LogP contribution in [-0.4, -0.2) is 70.4 Å². The van der Waals surface area contributed by atoms with E-state index in [0.29, 0.717) is 18.7 Å². The number of nitrogens with one attached hydrogen (secondary N) is 1. The van der Waals surface area contributed by atoms with Crippen LogP contribution >= 0.6 is 11.8 Å². The van der Waals surface area contributed by atoms with Crippen LogP contribution in [0.4, 0.5) is 0 Å². The highest BCUT2D eigenvalue weighted by atomic mass is 32.2. The van der Waals surface area contributed by atoms with E-state index < -0.39 is 5.60 Å². The molecule has 2 heterocycles. The third-order valence-corrected chi connectivity index (χ3v) is 7.06. The fourth-order valence-electron chi connectivity index (χ4n) is 4.38. The smallest absolute Gasteiger partial charge is 0.252 e. The molecule has 2 saturated heterocycles. The maximum absolute atomic E-state index is 12.5. The molecule has 1 aliphatic carbocycles. The Morgan fingerprint density at radius 2 is 2.00 bits per heavy atom. The van der Waals surface area contributed by atoms with Gasteiger partial charge in [0.05, 0.1) is 12.2 Å². The van der Waals surface area contributed by atoms with Gasteiger partial charge in [-0.25, -0.2) is 0 Å². The summed E-state index contributed by atoms with van der Waals surface area (Å²) in [6.45, 7) is 7.53. The Hall–Kier alpha value is -0.300. The number of carbonyl (C=O) groups is 1. The third kappa shape index (κ3) is 3.92. The van der Waals surface area contributed by atoms with E-state index >= 15 is 0 Å². The zero-order valence-corrected chi connectivity index (χ0v) is 15.9. The number of hydrogen-bond donors (Lipinski definition) is 2. The minimum absolute atomic E-state index is 0.0249. The fraction of sp³-hybridized carbons (Fsp3) is 0.944. The number of morpholine rings is 1. The van der Waals surface area contributed by atoms with Crippen molar-refractivity contribution in [1.82, 2.24) is 10.2 Å². The first kappa shape index (κ1) is 18.5. The van der Waals surface area contributed by atoms with Gasteiger partial charge in [-0.15, -0.1) is 0 Å².